The molecule has 2 aromatic rings. The number of aldehydes is 1. The molecule has 7 heteroatoms. The number of ether oxygens (including phenoxy) is 2. The van der Waals surface area contributed by atoms with Crippen LogP contribution in [-0.4, -0.2) is 47.8 Å². The molecule has 0 spiro atoms. The molecule has 0 unspecified atom stereocenters. The highest BCUT2D eigenvalue weighted by atomic mass is 19.1. The number of rotatable bonds is 8. The van der Waals surface area contributed by atoms with E-state index in [1.165, 1.54) is 24.3 Å². The van der Waals surface area contributed by atoms with Crippen LogP contribution in [0.3, 0.4) is 0 Å². The fourth-order valence-corrected chi connectivity index (χ4v) is 2.30. The van der Waals surface area contributed by atoms with Gasteiger partial charge in [-0.05, 0) is 31.2 Å². The maximum Gasteiger partial charge on any atom is 0.338 e. The van der Waals surface area contributed by atoms with Crippen LogP contribution in [0.4, 0.5) is 4.39 Å². The van der Waals surface area contributed by atoms with E-state index in [0.29, 0.717) is 0 Å². The minimum Gasteiger partial charge on any atom is -0.459 e. The van der Waals surface area contributed by atoms with Crippen LogP contribution in [0.5, 0.6) is 0 Å². The lowest BCUT2D eigenvalue weighted by molar-refractivity contribution is -0.135. The Kier molecular flexibility index (Phi) is 6.79. The second-order valence-corrected chi connectivity index (χ2v) is 5.99. The molecule has 0 aromatic heterocycles. The molecule has 2 rings (SSSR count). The van der Waals surface area contributed by atoms with Crippen molar-refractivity contribution in [3.05, 3.63) is 71.8 Å². The van der Waals surface area contributed by atoms with Crippen molar-refractivity contribution < 1.29 is 33.4 Å². The predicted octanol–water partition coefficient (Wildman–Crippen LogP) is 2.36. The molecule has 1 N–H and O–H groups in total. The molecule has 0 saturated heterocycles. The first-order valence-electron chi connectivity index (χ1n) is 8.16. The molecule has 0 radical (unpaired) electrons. The topological polar surface area (TPSA) is 89.9 Å². The highest BCUT2D eigenvalue weighted by Gasteiger charge is 2.43. The molecule has 0 aliphatic heterocycles. The summed E-state index contributed by atoms with van der Waals surface area (Å²) in [5.74, 6) is -1.66. The lowest BCUT2D eigenvalue weighted by atomic mass is 9.98. The Bertz CT molecular complexity index is 776. The molecule has 0 heterocycles. The molecule has 0 fully saturated rings. The van der Waals surface area contributed by atoms with Gasteiger partial charge in [-0.2, -0.15) is 0 Å². The van der Waals surface area contributed by atoms with Crippen molar-refractivity contribution in [1.29, 1.82) is 0 Å². The van der Waals surface area contributed by atoms with Gasteiger partial charge in [-0.3, -0.25) is 4.79 Å². The molecule has 0 amide bonds. The average Bonchev–Trinajstić information content (AvgIpc) is 2.70. The normalized spacial score (nSPS) is 15.1. The molecule has 0 aliphatic carbocycles. The number of hydrogen-bond donors (Lipinski definition) is 1. The second-order valence-electron chi connectivity index (χ2n) is 5.99. The summed E-state index contributed by atoms with van der Waals surface area (Å²) < 4.78 is 24.5. The molecular weight excluding hydrogens is 355 g/mol. The zero-order chi connectivity index (χ0) is 19.9. The van der Waals surface area contributed by atoms with Gasteiger partial charge in [0.15, 0.2) is 12.4 Å². The van der Waals surface area contributed by atoms with Crippen LogP contribution in [0, 0.1) is 0 Å². The molecule has 0 bridgehead atoms. The third kappa shape index (κ3) is 5.46. The van der Waals surface area contributed by atoms with Gasteiger partial charge in [0.05, 0.1) is 11.1 Å². The number of esters is 2. The van der Waals surface area contributed by atoms with E-state index in [4.69, 9.17) is 9.47 Å². The Morgan fingerprint density at radius 1 is 1.04 bits per heavy atom. The molecule has 6 nitrogen and oxygen atoms in total. The van der Waals surface area contributed by atoms with Crippen LogP contribution in [-0.2, 0) is 14.3 Å². The van der Waals surface area contributed by atoms with Crippen LogP contribution in [0.1, 0.15) is 27.6 Å². The first-order valence-corrected chi connectivity index (χ1v) is 8.16. The highest BCUT2D eigenvalue weighted by molar-refractivity contribution is 5.90. The van der Waals surface area contributed by atoms with E-state index in [2.05, 4.69) is 0 Å². The summed E-state index contributed by atoms with van der Waals surface area (Å²) in [6, 6.07) is 15.7. The van der Waals surface area contributed by atoms with E-state index in [0.717, 1.165) is 6.92 Å². The maximum atomic E-state index is 14.5. The summed E-state index contributed by atoms with van der Waals surface area (Å²) >= 11 is 0. The third-order valence-electron chi connectivity index (χ3n) is 3.77. The number of hydrogen-bond acceptors (Lipinski definition) is 6. The zero-order valence-electron chi connectivity index (χ0n) is 14.6. The zero-order valence-corrected chi connectivity index (χ0v) is 14.6. The van der Waals surface area contributed by atoms with Gasteiger partial charge in [0.1, 0.15) is 12.7 Å². The van der Waals surface area contributed by atoms with E-state index in [9.17, 15) is 23.9 Å². The van der Waals surface area contributed by atoms with Crippen molar-refractivity contribution in [2.45, 2.75) is 24.8 Å². The molecule has 27 heavy (non-hydrogen) atoms. The summed E-state index contributed by atoms with van der Waals surface area (Å²) in [6.45, 7) is 0.207. The van der Waals surface area contributed by atoms with Crippen molar-refractivity contribution in [3.8, 4) is 0 Å². The molecule has 2 aromatic carbocycles. The quantitative estimate of drug-likeness (QED) is 0.564. The van der Waals surface area contributed by atoms with Crippen molar-refractivity contribution in [2.24, 2.45) is 0 Å². The van der Waals surface area contributed by atoms with Gasteiger partial charge in [0.2, 0.25) is 5.67 Å². The summed E-state index contributed by atoms with van der Waals surface area (Å²) in [6.07, 6.45) is -3.67. The molecule has 0 saturated carbocycles. The molecule has 0 aliphatic rings. The Hall–Kier alpha value is -3.06. The summed E-state index contributed by atoms with van der Waals surface area (Å²) in [4.78, 5) is 35.2. The Balaban J connectivity index is 2.08. The molecule has 142 valence electrons. The molecule has 3 atom stereocenters. The number of alkyl halides is 1. The highest BCUT2D eigenvalue weighted by Crippen LogP contribution is 2.22. The van der Waals surface area contributed by atoms with Gasteiger partial charge < -0.3 is 14.6 Å². The second kappa shape index (κ2) is 9.05. The van der Waals surface area contributed by atoms with E-state index in [1.54, 1.807) is 36.4 Å². The SMILES string of the molecule is C[C@](F)(C=O)[C@H](OC(=O)c1ccccc1)[C@H](O)COC(=O)c1ccccc1. The Morgan fingerprint density at radius 3 is 2.00 bits per heavy atom. The van der Waals surface area contributed by atoms with Gasteiger partial charge >= 0.3 is 11.9 Å². The minimum atomic E-state index is -2.68. The average molecular weight is 374 g/mol. The number of halogens is 1. The van der Waals surface area contributed by atoms with Crippen LogP contribution >= 0.6 is 0 Å². The number of aliphatic hydroxyl groups is 1. The number of carbonyl (C=O) groups is 3. The van der Waals surface area contributed by atoms with E-state index < -0.39 is 36.4 Å². The van der Waals surface area contributed by atoms with Crippen molar-refractivity contribution in [3.63, 3.8) is 0 Å². The van der Waals surface area contributed by atoms with Crippen molar-refractivity contribution in [2.75, 3.05) is 6.61 Å². The fraction of sp³-hybridized carbons (Fsp3) is 0.250. The lowest BCUT2D eigenvalue weighted by Gasteiger charge is -2.29. The summed E-state index contributed by atoms with van der Waals surface area (Å²) in [5, 5.41) is 10.2. The number of carbonyl (C=O) groups excluding carboxylic acids is 3. The minimum absolute atomic E-state index is 0.0713. The maximum absolute atomic E-state index is 14.5. The standard InChI is InChI=1S/C20H19FO6/c1-20(21,13-22)17(27-19(25)15-10-6-3-7-11-15)16(23)12-26-18(24)14-8-4-2-5-9-14/h2-11,13,16-17,23H,12H2,1H3/t16-,17-,20+/m1/s1. The Labute approximate surface area is 155 Å². The first kappa shape index (κ1) is 20.3. The largest absolute Gasteiger partial charge is 0.459 e. The number of benzene rings is 2. The van der Waals surface area contributed by atoms with Gasteiger partial charge in [-0.15, -0.1) is 0 Å². The lowest BCUT2D eigenvalue weighted by Crippen LogP contribution is -2.49. The van der Waals surface area contributed by atoms with Crippen LogP contribution in [0.15, 0.2) is 60.7 Å². The van der Waals surface area contributed by atoms with Crippen molar-refractivity contribution in [1.82, 2.24) is 0 Å². The smallest absolute Gasteiger partial charge is 0.338 e. The summed E-state index contributed by atoms with van der Waals surface area (Å²) in [7, 11) is 0. The van der Waals surface area contributed by atoms with E-state index >= 15 is 0 Å². The van der Waals surface area contributed by atoms with E-state index in [-0.39, 0.29) is 17.4 Å². The van der Waals surface area contributed by atoms with E-state index in [1.807, 2.05) is 0 Å². The Morgan fingerprint density at radius 2 is 1.52 bits per heavy atom. The van der Waals surface area contributed by atoms with Gasteiger partial charge in [-0.25, -0.2) is 14.0 Å². The van der Waals surface area contributed by atoms with Gasteiger partial charge in [0.25, 0.3) is 0 Å². The third-order valence-corrected chi connectivity index (χ3v) is 3.77. The summed E-state index contributed by atoms with van der Waals surface area (Å²) in [5.41, 5.74) is -2.32. The van der Waals surface area contributed by atoms with Gasteiger partial charge in [0, 0.05) is 0 Å². The number of aliphatic hydroxyl groups excluding tert-OH is 1. The van der Waals surface area contributed by atoms with Crippen LogP contribution < -0.4 is 0 Å². The molecular formula is C20H19FO6. The van der Waals surface area contributed by atoms with Crippen LogP contribution in [0.25, 0.3) is 0 Å². The predicted molar refractivity (Wildman–Crippen MR) is 94.0 cm³/mol. The first-order chi connectivity index (χ1) is 12.8. The van der Waals surface area contributed by atoms with Crippen molar-refractivity contribution >= 4 is 18.2 Å². The van der Waals surface area contributed by atoms with Gasteiger partial charge in [-0.1, -0.05) is 36.4 Å². The van der Waals surface area contributed by atoms with Crippen LogP contribution in [0.2, 0.25) is 0 Å². The monoisotopic (exact) mass is 374 g/mol. The fourth-order valence-electron chi connectivity index (χ4n) is 2.30.